The standard InChI is InChI=1S/C32H34N2O4/c1-22-16-27(19-34-30(20-35)32(36)37)31(38-21-24-10-5-3-6-11-24)17-29(22)33-18-26-14-9-15-28(23(26)2)25-12-7-4-8-13-25/h3-17,30,33-35H,18-21H2,1-2H3,(H,36,37)/t30-/m1/s1. The van der Waals surface area contributed by atoms with Crippen molar-refractivity contribution in [3.8, 4) is 16.9 Å². The number of ether oxygens (including phenoxy) is 1. The molecule has 0 saturated carbocycles. The van der Waals surface area contributed by atoms with E-state index in [2.05, 4.69) is 60.0 Å². The maximum absolute atomic E-state index is 11.4. The highest BCUT2D eigenvalue weighted by Gasteiger charge is 2.17. The van der Waals surface area contributed by atoms with Gasteiger partial charge in [0.25, 0.3) is 0 Å². The molecule has 4 rings (SSSR count). The van der Waals surface area contributed by atoms with Crippen LogP contribution in [0.2, 0.25) is 0 Å². The Morgan fingerprint density at radius 3 is 2.26 bits per heavy atom. The Bertz CT molecular complexity index is 1360. The second kappa shape index (κ2) is 12.9. The molecule has 4 aromatic carbocycles. The second-order valence-electron chi connectivity index (χ2n) is 9.31. The van der Waals surface area contributed by atoms with E-state index >= 15 is 0 Å². The van der Waals surface area contributed by atoms with Crippen molar-refractivity contribution in [2.45, 2.75) is 39.6 Å². The van der Waals surface area contributed by atoms with E-state index < -0.39 is 18.6 Å². The first kappa shape index (κ1) is 26.9. The molecular formula is C32H34N2O4. The molecular weight excluding hydrogens is 476 g/mol. The van der Waals surface area contributed by atoms with Crippen LogP contribution in [-0.2, 0) is 24.5 Å². The first-order valence-electron chi connectivity index (χ1n) is 12.7. The summed E-state index contributed by atoms with van der Waals surface area (Å²) in [5, 5.41) is 25.2. The third-order valence-corrected chi connectivity index (χ3v) is 6.66. The molecule has 0 saturated heterocycles. The zero-order chi connectivity index (χ0) is 26.9. The molecule has 0 amide bonds. The van der Waals surface area contributed by atoms with Gasteiger partial charge in [-0.3, -0.25) is 10.1 Å². The van der Waals surface area contributed by atoms with E-state index in [-0.39, 0.29) is 6.54 Å². The Hall–Kier alpha value is -4.13. The number of carbonyl (C=O) groups is 1. The molecule has 4 N–H and O–H groups in total. The topological polar surface area (TPSA) is 90.8 Å². The monoisotopic (exact) mass is 510 g/mol. The van der Waals surface area contributed by atoms with Gasteiger partial charge in [-0.2, -0.15) is 0 Å². The summed E-state index contributed by atoms with van der Waals surface area (Å²) in [5.41, 5.74) is 8.66. The van der Waals surface area contributed by atoms with Gasteiger partial charge in [0, 0.05) is 30.4 Å². The van der Waals surface area contributed by atoms with E-state index in [0.29, 0.717) is 18.9 Å². The number of hydrogen-bond donors (Lipinski definition) is 4. The number of carboxylic acids is 1. The highest BCUT2D eigenvalue weighted by atomic mass is 16.5. The Balaban J connectivity index is 1.56. The lowest BCUT2D eigenvalue weighted by atomic mass is 9.96. The van der Waals surface area contributed by atoms with E-state index in [9.17, 15) is 15.0 Å². The van der Waals surface area contributed by atoms with Gasteiger partial charge >= 0.3 is 5.97 Å². The molecule has 4 aromatic rings. The Labute approximate surface area is 223 Å². The second-order valence-corrected chi connectivity index (χ2v) is 9.31. The number of carboxylic acid groups (broad SMARTS) is 1. The number of anilines is 1. The fraction of sp³-hybridized carbons (Fsp3) is 0.219. The molecule has 0 heterocycles. The molecule has 38 heavy (non-hydrogen) atoms. The van der Waals surface area contributed by atoms with Crippen molar-refractivity contribution in [3.05, 3.63) is 119 Å². The molecule has 0 aliphatic heterocycles. The zero-order valence-electron chi connectivity index (χ0n) is 21.8. The maximum Gasteiger partial charge on any atom is 0.323 e. The smallest absolute Gasteiger partial charge is 0.323 e. The number of benzene rings is 4. The van der Waals surface area contributed by atoms with Gasteiger partial charge in [0.2, 0.25) is 0 Å². The van der Waals surface area contributed by atoms with Crippen LogP contribution in [0.5, 0.6) is 5.75 Å². The molecule has 0 aromatic heterocycles. The third-order valence-electron chi connectivity index (χ3n) is 6.66. The maximum atomic E-state index is 11.4. The summed E-state index contributed by atoms with van der Waals surface area (Å²) in [6.45, 7) is 4.96. The summed E-state index contributed by atoms with van der Waals surface area (Å²) in [5.74, 6) is -0.436. The van der Waals surface area contributed by atoms with Crippen LogP contribution in [0.15, 0.2) is 91.0 Å². The van der Waals surface area contributed by atoms with Crippen LogP contribution in [-0.4, -0.2) is 28.8 Å². The van der Waals surface area contributed by atoms with Gasteiger partial charge in [0.15, 0.2) is 0 Å². The van der Waals surface area contributed by atoms with E-state index in [0.717, 1.165) is 22.4 Å². The average Bonchev–Trinajstić information content (AvgIpc) is 2.93. The van der Waals surface area contributed by atoms with Crippen molar-refractivity contribution in [2.75, 3.05) is 11.9 Å². The van der Waals surface area contributed by atoms with Crippen LogP contribution in [0.4, 0.5) is 5.69 Å². The van der Waals surface area contributed by atoms with Gasteiger partial charge in [0.1, 0.15) is 18.4 Å². The van der Waals surface area contributed by atoms with Gasteiger partial charge in [-0.15, -0.1) is 0 Å². The number of aliphatic hydroxyl groups excluding tert-OH is 1. The van der Waals surface area contributed by atoms with Gasteiger partial charge in [-0.25, -0.2) is 0 Å². The molecule has 196 valence electrons. The van der Waals surface area contributed by atoms with Crippen LogP contribution in [0.25, 0.3) is 11.1 Å². The van der Waals surface area contributed by atoms with Gasteiger partial charge in [-0.05, 0) is 53.3 Å². The summed E-state index contributed by atoms with van der Waals surface area (Å²) in [4.78, 5) is 11.4. The minimum atomic E-state index is -1.10. The minimum Gasteiger partial charge on any atom is -0.488 e. The Morgan fingerprint density at radius 1 is 0.868 bits per heavy atom. The predicted octanol–water partition coefficient (Wildman–Crippen LogP) is 5.70. The first-order chi connectivity index (χ1) is 18.5. The van der Waals surface area contributed by atoms with E-state index in [4.69, 9.17) is 4.74 Å². The molecule has 6 nitrogen and oxygen atoms in total. The van der Waals surface area contributed by atoms with Crippen LogP contribution < -0.4 is 15.4 Å². The quantitative estimate of drug-likeness (QED) is 0.196. The van der Waals surface area contributed by atoms with E-state index in [1.165, 1.54) is 22.3 Å². The number of hydrogen-bond acceptors (Lipinski definition) is 5. The van der Waals surface area contributed by atoms with Crippen LogP contribution in [0.1, 0.15) is 27.8 Å². The van der Waals surface area contributed by atoms with Crippen molar-refractivity contribution in [1.82, 2.24) is 5.32 Å². The van der Waals surface area contributed by atoms with Gasteiger partial charge < -0.3 is 20.3 Å². The lowest BCUT2D eigenvalue weighted by Gasteiger charge is -2.19. The molecule has 0 aliphatic rings. The number of aliphatic hydroxyl groups is 1. The fourth-order valence-corrected chi connectivity index (χ4v) is 4.41. The minimum absolute atomic E-state index is 0.251. The van der Waals surface area contributed by atoms with Crippen molar-refractivity contribution in [1.29, 1.82) is 0 Å². The highest BCUT2D eigenvalue weighted by molar-refractivity contribution is 5.73. The number of aliphatic carboxylic acids is 1. The molecule has 0 radical (unpaired) electrons. The third kappa shape index (κ3) is 6.79. The van der Waals surface area contributed by atoms with Crippen molar-refractivity contribution < 1.29 is 19.7 Å². The summed E-state index contributed by atoms with van der Waals surface area (Å²) in [6, 6.07) is 29.6. The average molecular weight is 511 g/mol. The largest absolute Gasteiger partial charge is 0.488 e. The first-order valence-corrected chi connectivity index (χ1v) is 12.7. The fourth-order valence-electron chi connectivity index (χ4n) is 4.41. The summed E-state index contributed by atoms with van der Waals surface area (Å²) < 4.78 is 6.21. The predicted molar refractivity (Wildman–Crippen MR) is 151 cm³/mol. The van der Waals surface area contributed by atoms with Gasteiger partial charge in [-0.1, -0.05) is 78.9 Å². The zero-order valence-corrected chi connectivity index (χ0v) is 21.8. The Kier molecular flexibility index (Phi) is 9.14. The van der Waals surface area contributed by atoms with E-state index in [1.54, 1.807) is 0 Å². The van der Waals surface area contributed by atoms with Crippen molar-refractivity contribution >= 4 is 11.7 Å². The molecule has 0 bridgehead atoms. The summed E-state index contributed by atoms with van der Waals surface area (Å²) in [6.07, 6.45) is 0. The summed E-state index contributed by atoms with van der Waals surface area (Å²) >= 11 is 0. The SMILES string of the molecule is Cc1cc(CN[C@H](CO)C(=O)O)c(OCc2ccccc2)cc1NCc1cccc(-c2ccccc2)c1C. The molecule has 6 heteroatoms. The Morgan fingerprint density at radius 2 is 1.58 bits per heavy atom. The molecule has 0 aliphatic carbocycles. The number of aryl methyl sites for hydroxylation is 1. The molecule has 1 atom stereocenters. The summed E-state index contributed by atoms with van der Waals surface area (Å²) in [7, 11) is 0. The lowest BCUT2D eigenvalue weighted by molar-refractivity contribution is -0.140. The van der Waals surface area contributed by atoms with Crippen LogP contribution in [0.3, 0.4) is 0 Å². The molecule has 0 spiro atoms. The number of nitrogens with one attached hydrogen (secondary N) is 2. The molecule has 0 fully saturated rings. The molecule has 0 unspecified atom stereocenters. The van der Waals surface area contributed by atoms with Crippen molar-refractivity contribution in [3.63, 3.8) is 0 Å². The highest BCUT2D eigenvalue weighted by Crippen LogP contribution is 2.30. The van der Waals surface area contributed by atoms with Gasteiger partial charge in [0.05, 0.1) is 6.61 Å². The number of rotatable bonds is 12. The van der Waals surface area contributed by atoms with E-state index in [1.807, 2.05) is 55.5 Å². The lowest BCUT2D eigenvalue weighted by Crippen LogP contribution is -2.39. The van der Waals surface area contributed by atoms with Crippen molar-refractivity contribution in [2.24, 2.45) is 0 Å². The van der Waals surface area contributed by atoms with Crippen LogP contribution in [0, 0.1) is 13.8 Å². The normalized spacial score (nSPS) is 11.7. The van der Waals surface area contributed by atoms with Crippen LogP contribution >= 0.6 is 0 Å².